The number of esters is 1. The lowest BCUT2D eigenvalue weighted by atomic mass is 9.77. The highest BCUT2D eigenvalue weighted by atomic mass is 19.4. The van der Waals surface area contributed by atoms with Gasteiger partial charge in [0.05, 0.1) is 6.61 Å². The van der Waals surface area contributed by atoms with Gasteiger partial charge < -0.3 is 9.84 Å². The fourth-order valence-electron chi connectivity index (χ4n) is 3.55. The third-order valence-corrected chi connectivity index (χ3v) is 4.65. The summed E-state index contributed by atoms with van der Waals surface area (Å²) in [5, 5.41) is 9.80. The summed E-state index contributed by atoms with van der Waals surface area (Å²) in [6, 6.07) is 0. The van der Waals surface area contributed by atoms with Gasteiger partial charge in [-0.1, -0.05) is 6.58 Å². The highest BCUT2D eigenvalue weighted by molar-refractivity contribution is 5.86. The SMILES string of the molecule is C=C(C)C(=O)OCCC1CC2CC1CC2(O)C(F)(F)F. The number of fused-ring (bicyclic) bond motifs is 2. The van der Waals surface area contributed by atoms with Crippen LogP contribution in [0.25, 0.3) is 0 Å². The molecular formula is C14H19F3O3. The van der Waals surface area contributed by atoms with Crippen LogP contribution in [0.15, 0.2) is 12.2 Å². The van der Waals surface area contributed by atoms with Gasteiger partial charge in [-0.05, 0) is 50.4 Å². The van der Waals surface area contributed by atoms with E-state index in [0.717, 1.165) is 0 Å². The Morgan fingerprint density at radius 1 is 1.45 bits per heavy atom. The van der Waals surface area contributed by atoms with E-state index in [1.54, 1.807) is 6.92 Å². The molecule has 2 saturated carbocycles. The third kappa shape index (κ3) is 2.57. The summed E-state index contributed by atoms with van der Waals surface area (Å²) in [5.74, 6) is -1.22. The van der Waals surface area contributed by atoms with Gasteiger partial charge in [0.2, 0.25) is 0 Å². The average Bonchev–Trinajstić information content (AvgIpc) is 2.85. The molecule has 0 heterocycles. The van der Waals surface area contributed by atoms with Crippen LogP contribution in [-0.2, 0) is 9.53 Å². The lowest BCUT2D eigenvalue weighted by molar-refractivity contribution is -0.279. The lowest BCUT2D eigenvalue weighted by Gasteiger charge is -2.37. The highest BCUT2D eigenvalue weighted by Gasteiger charge is 2.66. The van der Waals surface area contributed by atoms with E-state index in [-0.39, 0.29) is 24.9 Å². The van der Waals surface area contributed by atoms with E-state index in [2.05, 4.69) is 6.58 Å². The van der Waals surface area contributed by atoms with E-state index >= 15 is 0 Å². The van der Waals surface area contributed by atoms with E-state index in [9.17, 15) is 23.1 Å². The predicted octanol–water partition coefficient (Wildman–Crippen LogP) is 2.84. The number of hydrogen-bond donors (Lipinski definition) is 1. The quantitative estimate of drug-likeness (QED) is 0.640. The molecule has 2 fully saturated rings. The molecule has 0 aromatic heterocycles. The van der Waals surface area contributed by atoms with E-state index in [1.807, 2.05) is 0 Å². The van der Waals surface area contributed by atoms with Crippen LogP contribution in [0, 0.1) is 17.8 Å². The standard InChI is InChI=1S/C14H19F3O3/c1-8(2)12(18)20-4-3-9-5-11-6-10(9)7-13(11,19)14(15,16)17/h9-11,19H,1,3-7H2,2H3. The first-order valence-corrected chi connectivity index (χ1v) is 6.77. The zero-order valence-electron chi connectivity index (χ0n) is 11.4. The summed E-state index contributed by atoms with van der Waals surface area (Å²) in [6.07, 6.45) is -3.46. The maximum absolute atomic E-state index is 12.8. The van der Waals surface area contributed by atoms with Crippen LogP contribution in [0.4, 0.5) is 13.2 Å². The Kier molecular flexibility index (Phi) is 3.88. The molecule has 2 aliphatic rings. The van der Waals surface area contributed by atoms with Gasteiger partial charge >= 0.3 is 12.1 Å². The second-order valence-corrected chi connectivity index (χ2v) is 6.02. The van der Waals surface area contributed by atoms with E-state index in [1.165, 1.54) is 0 Å². The van der Waals surface area contributed by atoms with E-state index in [4.69, 9.17) is 4.74 Å². The molecule has 2 rings (SSSR count). The zero-order chi connectivity index (χ0) is 15.1. The summed E-state index contributed by atoms with van der Waals surface area (Å²) < 4.78 is 43.5. The van der Waals surface area contributed by atoms with Crippen molar-refractivity contribution in [1.82, 2.24) is 0 Å². The zero-order valence-corrected chi connectivity index (χ0v) is 11.4. The number of carbonyl (C=O) groups excluding carboxylic acids is 1. The molecule has 2 bridgehead atoms. The number of alkyl halides is 3. The fraction of sp³-hybridized carbons (Fsp3) is 0.786. The molecule has 0 radical (unpaired) electrons. The summed E-state index contributed by atoms with van der Waals surface area (Å²) >= 11 is 0. The highest BCUT2D eigenvalue weighted by Crippen LogP contribution is 2.59. The van der Waals surface area contributed by atoms with Gasteiger partial charge in [0.15, 0.2) is 5.60 Å². The molecular weight excluding hydrogens is 273 g/mol. The summed E-state index contributed by atoms with van der Waals surface area (Å²) in [6.45, 7) is 5.20. The molecule has 1 N–H and O–H groups in total. The molecule has 0 amide bonds. The Bertz CT molecular complexity index is 418. The Hall–Kier alpha value is -1.04. The number of aliphatic hydroxyl groups is 1. The summed E-state index contributed by atoms with van der Waals surface area (Å²) in [5.41, 5.74) is -2.20. The molecule has 114 valence electrons. The minimum Gasteiger partial charge on any atom is -0.462 e. The van der Waals surface area contributed by atoms with Gasteiger partial charge in [0, 0.05) is 5.57 Å². The molecule has 0 spiro atoms. The van der Waals surface area contributed by atoms with E-state index < -0.39 is 23.7 Å². The minimum absolute atomic E-state index is 0.0977. The van der Waals surface area contributed by atoms with Gasteiger partial charge in [0.25, 0.3) is 0 Å². The largest absolute Gasteiger partial charge is 0.462 e. The first-order chi connectivity index (χ1) is 9.15. The van der Waals surface area contributed by atoms with Crippen LogP contribution < -0.4 is 0 Å². The van der Waals surface area contributed by atoms with Crippen molar-refractivity contribution in [2.45, 2.75) is 44.4 Å². The Morgan fingerprint density at radius 3 is 2.55 bits per heavy atom. The number of rotatable bonds is 4. The van der Waals surface area contributed by atoms with Crippen LogP contribution in [0.2, 0.25) is 0 Å². The van der Waals surface area contributed by atoms with Crippen LogP contribution >= 0.6 is 0 Å². The number of halogens is 3. The molecule has 0 saturated heterocycles. The maximum Gasteiger partial charge on any atom is 0.417 e. The molecule has 6 heteroatoms. The van der Waals surface area contributed by atoms with Crippen molar-refractivity contribution in [2.24, 2.45) is 17.8 Å². The lowest BCUT2D eigenvalue weighted by Crippen LogP contribution is -2.50. The average molecular weight is 292 g/mol. The van der Waals surface area contributed by atoms with Crippen LogP contribution in [0.1, 0.15) is 32.6 Å². The Labute approximate surface area is 115 Å². The van der Waals surface area contributed by atoms with Crippen molar-refractivity contribution in [3.63, 3.8) is 0 Å². The molecule has 20 heavy (non-hydrogen) atoms. The minimum atomic E-state index is -4.55. The summed E-state index contributed by atoms with van der Waals surface area (Å²) in [7, 11) is 0. The van der Waals surface area contributed by atoms with Crippen molar-refractivity contribution in [2.75, 3.05) is 6.61 Å². The molecule has 4 unspecified atom stereocenters. The van der Waals surface area contributed by atoms with Crippen LogP contribution in [-0.4, -0.2) is 29.5 Å². The topological polar surface area (TPSA) is 46.5 Å². The van der Waals surface area contributed by atoms with Crippen molar-refractivity contribution in [3.05, 3.63) is 12.2 Å². The van der Waals surface area contributed by atoms with E-state index in [0.29, 0.717) is 24.8 Å². The second kappa shape index (κ2) is 5.06. The van der Waals surface area contributed by atoms with Crippen molar-refractivity contribution >= 4 is 5.97 Å². The number of ether oxygens (including phenoxy) is 1. The molecule has 0 aromatic carbocycles. The number of carbonyl (C=O) groups is 1. The predicted molar refractivity (Wildman–Crippen MR) is 65.7 cm³/mol. The fourth-order valence-corrected chi connectivity index (χ4v) is 3.55. The normalized spacial score (nSPS) is 36.1. The molecule has 4 atom stereocenters. The summed E-state index contributed by atoms with van der Waals surface area (Å²) in [4.78, 5) is 11.2. The second-order valence-electron chi connectivity index (χ2n) is 6.02. The van der Waals surface area contributed by atoms with Gasteiger partial charge in [-0.25, -0.2) is 4.79 Å². The van der Waals surface area contributed by atoms with Crippen LogP contribution in [0.3, 0.4) is 0 Å². The molecule has 0 aromatic rings. The monoisotopic (exact) mass is 292 g/mol. The van der Waals surface area contributed by atoms with Crippen molar-refractivity contribution in [3.8, 4) is 0 Å². The Morgan fingerprint density at radius 2 is 2.10 bits per heavy atom. The van der Waals surface area contributed by atoms with Crippen LogP contribution in [0.5, 0.6) is 0 Å². The van der Waals surface area contributed by atoms with Gasteiger partial charge in [-0.2, -0.15) is 13.2 Å². The molecule has 2 aliphatic carbocycles. The molecule has 3 nitrogen and oxygen atoms in total. The van der Waals surface area contributed by atoms with Crippen molar-refractivity contribution in [1.29, 1.82) is 0 Å². The van der Waals surface area contributed by atoms with Gasteiger partial charge in [0.1, 0.15) is 0 Å². The smallest absolute Gasteiger partial charge is 0.417 e. The maximum atomic E-state index is 12.8. The number of hydrogen-bond acceptors (Lipinski definition) is 3. The van der Waals surface area contributed by atoms with Gasteiger partial charge in [-0.15, -0.1) is 0 Å². The first kappa shape index (κ1) is 15.4. The van der Waals surface area contributed by atoms with Gasteiger partial charge in [-0.3, -0.25) is 0 Å². The Balaban J connectivity index is 1.84. The third-order valence-electron chi connectivity index (χ3n) is 4.65. The van der Waals surface area contributed by atoms with Crippen molar-refractivity contribution < 1.29 is 27.8 Å². The molecule has 0 aliphatic heterocycles. The first-order valence-electron chi connectivity index (χ1n) is 6.77.